The van der Waals surface area contributed by atoms with Crippen LogP contribution in [0.15, 0.2) is 6.20 Å². The van der Waals surface area contributed by atoms with E-state index in [0.29, 0.717) is 0 Å². The summed E-state index contributed by atoms with van der Waals surface area (Å²) in [6, 6.07) is 0. The fraction of sp³-hybridized carbons (Fsp3) is 0.556. The van der Waals surface area contributed by atoms with Crippen molar-refractivity contribution in [1.82, 2.24) is 9.97 Å². The van der Waals surface area contributed by atoms with E-state index in [1.165, 1.54) is 13.8 Å². The van der Waals surface area contributed by atoms with E-state index in [1.54, 1.807) is 0 Å². The number of aromatic nitrogens is 2. The molecule has 0 aliphatic heterocycles. The van der Waals surface area contributed by atoms with Gasteiger partial charge in [-0.05, 0) is 13.8 Å². The number of hydrogen-bond donors (Lipinski definition) is 0. The molecule has 0 saturated carbocycles. The second-order valence-corrected chi connectivity index (χ2v) is 5.28. The molecule has 1 aromatic rings. The van der Waals surface area contributed by atoms with Gasteiger partial charge in [0.2, 0.25) is 5.82 Å². The van der Waals surface area contributed by atoms with Gasteiger partial charge < -0.3 is 0 Å². The van der Waals surface area contributed by atoms with Crippen LogP contribution in [0.25, 0.3) is 0 Å². The van der Waals surface area contributed by atoms with E-state index in [-0.39, 0.29) is 11.3 Å². The van der Waals surface area contributed by atoms with Crippen LogP contribution in [0, 0.1) is 6.92 Å². The summed E-state index contributed by atoms with van der Waals surface area (Å²) in [5, 5.41) is 0. The molecule has 0 saturated heterocycles. The van der Waals surface area contributed by atoms with Crippen molar-refractivity contribution in [3.63, 3.8) is 0 Å². The summed E-state index contributed by atoms with van der Waals surface area (Å²) in [7, 11) is -3.70. The van der Waals surface area contributed by atoms with Crippen LogP contribution in [-0.2, 0) is 20.5 Å². The minimum Gasteiger partial charge on any atom is -0.262 e. The molecule has 1 atom stereocenters. The number of aryl methyl sites for hydroxylation is 1. The van der Waals surface area contributed by atoms with Crippen LogP contribution in [0.2, 0.25) is 0 Å². The van der Waals surface area contributed by atoms with E-state index in [2.05, 4.69) is 14.2 Å². The smallest absolute Gasteiger partial charge is 0.262 e. The van der Waals surface area contributed by atoms with Crippen LogP contribution >= 0.6 is 0 Å². The van der Waals surface area contributed by atoms with Crippen molar-refractivity contribution in [2.75, 3.05) is 6.26 Å². The van der Waals surface area contributed by atoms with Crippen LogP contribution in [0.1, 0.15) is 30.1 Å². The molecule has 0 N–H and O–H groups in total. The molecule has 0 fully saturated rings. The highest BCUT2D eigenvalue weighted by molar-refractivity contribution is 7.86. The van der Waals surface area contributed by atoms with Gasteiger partial charge >= 0.3 is 6.18 Å². The maximum atomic E-state index is 12.3. The maximum Gasteiger partial charge on any atom is 0.451 e. The average Bonchev–Trinajstić information content (AvgIpc) is 2.12. The lowest BCUT2D eigenvalue weighted by Crippen LogP contribution is -2.15. The highest BCUT2D eigenvalue weighted by Crippen LogP contribution is 2.28. The Hall–Kier alpha value is -1.22. The number of halogens is 3. The van der Waals surface area contributed by atoms with Crippen molar-refractivity contribution in [3.05, 3.63) is 23.3 Å². The van der Waals surface area contributed by atoms with Crippen molar-refractivity contribution in [1.29, 1.82) is 0 Å². The molecule has 1 aromatic heterocycles. The average molecular weight is 284 g/mol. The Morgan fingerprint density at radius 1 is 1.39 bits per heavy atom. The normalized spacial score (nSPS) is 14.6. The first-order valence-corrected chi connectivity index (χ1v) is 6.61. The third kappa shape index (κ3) is 3.91. The van der Waals surface area contributed by atoms with E-state index in [4.69, 9.17) is 0 Å². The summed E-state index contributed by atoms with van der Waals surface area (Å²) in [5.41, 5.74) is 0.210. The molecular formula is C9H11F3N2O3S. The van der Waals surface area contributed by atoms with Crippen molar-refractivity contribution >= 4 is 10.1 Å². The van der Waals surface area contributed by atoms with Gasteiger partial charge in [-0.2, -0.15) is 21.6 Å². The third-order valence-corrected chi connectivity index (χ3v) is 2.67. The minimum absolute atomic E-state index is 0.0217. The van der Waals surface area contributed by atoms with Crippen molar-refractivity contribution < 1.29 is 25.8 Å². The van der Waals surface area contributed by atoms with E-state index in [1.807, 2.05) is 0 Å². The molecule has 0 aliphatic rings. The van der Waals surface area contributed by atoms with Gasteiger partial charge in [-0.3, -0.25) is 4.18 Å². The summed E-state index contributed by atoms with van der Waals surface area (Å²) >= 11 is 0. The lowest BCUT2D eigenvalue weighted by molar-refractivity contribution is -0.145. The predicted molar refractivity (Wildman–Crippen MR) is 56.1 cm³/mol. The van der Waals surface area contributed by atoms with Gasteiger partial charge in [-0.25, -0.2) is 9.97 Å². The van der Waals surface area contributed by atoms with Gasteiger partial charge in [-0.1, -0.05) is 0 Å². The number of hydrogen-bond acceptors (Lipinski definition) is 5. The van der Waals surface area contributed by atoms with Gasteiger partial charge in [0, 0.05) is 17.5 Å². The predicted octanol–water partition coefficient (Wildman–Crippen LogP) is 1.84. The molecule has 1 unspecified atom stereocenters. The summed E-state index contributed by atoms with van der Waals surface area (Å²) in [6.45, 7) is 2.72. The quantitative estimate of drug-likeness (QED) is 0.792. The van der Waals surface area contributed by atoms with Gasteiger partial charge in [0.1, 0.15) is 6.10 Å². The third-order valence-electron chi connectivity index (χ3n) is 2.03. The monoisotopic (exact) mass is 284 g/mol. The van der Waals surface area contributed by atoms with Gasteiger partial charge in [0.15, 0.2) is 0 Å². The Morgan fingerprint density at radius 2 is 1.94 bits per heavy atom. The zero-order valence-corrected chi connectivity index (χ0v) is 10.6. The molecule has 0 aliphatic carbocycles. The highest BCUT2D eigenvalue weighted by Gasteiger charge is 2.35. The lowest BCUT2D eigenvalue weighted by atomic mass is 10.1. The standard InChI is InChI=1S/C9H11F3N2O3S/c1-5-7(6(2)17-18(3,15)16)4-13-8(14-5)9(10,11)12/h4,6H,1-3H3. The summed E-state index contributed by atoms with van der Waals surface area (Å²) in [4.78, 5) is 6.44. The van der Waals surface area contributed by atoms with Crippen LogP contribution in [-0.4, -0.2) is 24.6 Å². The van der Waals surface area contributed by atoms with Crippen LogP contribution < -0.4 is 0 Å². The molecule has 0 aromatic carbocycles. The first kappa shape index (κ1) is 14.8. The molecule has 5 nitrogen and oxygen atoms in total. The van der Waals surface area contributed by atoms with E-state index >= 15 is 0 Å². The zero-order chi connectivity index (χ0) is 14.1. The van der Waals surface area contributed by atoms with Crippen LogP contribution in [0.5, 0.6) is 0 Å². The molecule has 0 bridgehead atoms. The SMILES string of the molecule is Cc1nc(C(F)(F)F)ncc1C(C)OS(C)(=O)=O. The fourth-order valence-electron chi connectivity index (χ4n) is 1.33. The van der Waals surface area contributed by atoms with Crippen molar-refractivity contribution in [3.8, 4) is 0 Å². The first-order chi connectivity index (χ1) is 8.00. The summed E-state index contributed by atoms with van der Waals surface area (Å²) in [6.07, 6.45) is -3.81. The van der Waals surface area contributed by atoms with Crippen molar-refractivity contribution in [2.24, 2.45) is 0 Å². The molecule has 9 heteroatoms. The molecule has 18 heavy (non-hydrogen) atoms. The Labute approximate surface area is 102 Å². The molecule has 102 valence electrons. The maximum absolute atomic E-state index is 12.3. The molecule has 0 radical (unpaired) electrons. The Bertz CT molecular complexity index is 542. The van der Waals surface area contributed by atoms with Crippen molar-refractivity contribution in [2.45, 2.75) is 26.1 Å². The van der Waals surface area contributed by atoms with E-state index in [9.17, 15) is 21.6 Å². The molecule has 1 rings (SSSR count). The molecular weight excluding hydrogens is 273 g/mol. The molecule has 0 spiro atoms. The van der Waals surface area contributed by atoms with E-state index in [0.717, 1.165) is 12.5 Å². The van der Waals surface area contributed by atoms with E-state index < -0.39 is 28.2 Å². The topological polar surface area (TPSA) is 69.2 Å². The molecule has 1 heterocycles. The number of alkyl halides is 3. The summed E-state index contributed by atoms with van der Waals surface area (Å²) < 4.78 is 63.4. The summed E-state index contributed by atoms with van der Waals surface area (Å²) in [5.74, 6) is -1.27. The Morgan fingerprint density at radius 3 is 2.33 bits per heavy atom. The highest BCUT2D eigenvalue weighted by atomic mass is 32.2. The largest absolute Gasteiger partial charge is 0.451 e. The van der Waals surface area contributed by atoms with Gasteiger partial charge in [-0.15, -0.1) is 0 Å². The van der Waals surface area contributed by atoms with Gasteiger partial charge in [0.05, 0.1) is 6.26 Å². The van der Waals surface area contributed by atoms with Crippen LogP contribution in [0.3, 0.4) is 0 Å². The Balaban J connectivity index is 3.07. The number of rotatable bonds is 3. The van der Waals surface area contributed by atoms with Crippen LogP contribution in [0.4, 0.5) is 13.2 Å². The fourth-order valence-corrected chi connectivity index (χ4v) is 1.95. The minimum atomic E-state index is -4.63. The lowest BCUT2D eigenvalue weighted by Gasteiger charge is -2.14. The number of nitrogens with zero attached hydrogens (tertiary/aromatic N) is 2. The first-order valence-electron chi connectivity index (χ1n) is 4.79. The van der Waals surface area contributed by atoms with Gasteiger partial charge in [0.25, 0.3) is 10.1 Å². The zero-order valence-electron chi connectivity index (χ0n) is 9.82. The Kier molecular flexibility index (Phi) is 3.96. The second-order valence-electron chi connectivity index (χ2n) is 3.67. The molecule has 0 amide bonds. The second kappa shape index (κ2) is 4.81.